The van der Waals surface area contributed by atoms with Gasteiger partial charge >= 0.3 is 0 Å². The molecule has 3 rings (SSSR count). The third-order valence-corrected chi connectivity index (χ3v) is 4.25. The maximum absolute atomic E-state index is 13.8. The van der Waals surface area contributed by atoms with Gasteiger partial charge in [0.2, 0.25) is 17.7 Å². The molecular weight excluding hydrogens is 374 g/mol. The maximum Gasteiger partial charge on any atom is 0.246 e. The van der Waals surface area contributed by atoms with Crippen molar-refractivity contribution in [2.45, 2.75) is 13.5 Å². The minimum absolute atomic E-state index is 0.00624. The molecule has 0 aliphatic carbocycles. The highest BCUT2D eigenvalue weighted by Crippen LogP contribution is 2.33. The van der Waals surface area contributed by atoms with Crippen molar-refractivity contribution < 1.29 is 23.4 Å². The quantitative estimate of drug-likeness (QED) is 0.548. The van der Waals surface area contributed by atoms with Gasteiger partial charge < -0.3 is 19.1 Å². The monoisotopic (exact) mass is 395 g/mol. The van der Waals surface area contributed by atoms with Crippen LogP contribution in [0.5, 0.6) is 23.1 Å². The molecule has 0 saturated carbocycles. The van der Waals surface area contributed by atoms with Crippen LogP contribution in [0.15, 0.2) is 60.7 Å². The molecule has 0 aliphatic rings. The van der Waals surface area contributed by atoms with E-state index in [0.717, 1.165) is 5.56 Å². The van der Waals surface area contributed by atoms with Crippen LogP contribution in [0.4, 0.5) is 10.1 Å². The predicted molar refractivity (Wildman–Crippen MR) is 107 cm³/mol. The second-order valence-electron chi connectivity index (χ2n) is 6.16. The number of pyridine rings is 1. The van der Waals surface area contributed by atoms with Gasteiger partial charge in [0.15, 0.2) is 0 Å². The molecule has 0 atom stereocenters. The molecule has 3 aromatic rings. The number of ether oxygens (including phenoxy) is 3. The average Bonchev–Trinajstić information content (AvgIpc) is 2.73. The van der Waals surface area contributed by atoms with Gasteiger partial charge in [0.25, 0.3) is 0 Å². The molecule has 0 aliphatic heterocycles. The van der Waals surface area contributed by atoms with Crippen molar-refractivity contribution in [3.05, 3.63) is 72.2 Å². The van der Waals surface area contributed by atoms with Crippen LogP contribution in [0.25, 0.3) is 0 Å². The summed E-state index contributed by atoms with van der Waals surface area (Å²) in [7, 11) is 3.11. The molecule has 0 N–H and O–H groups in total. The Bertz CT molecular complexity index is 995. The van der Waals surface area contributed by atoms with Crippen molar-refractivity contribution >= 4 is 11.6 Å². The van der Waals surface area contributed by atoms with Gasteiger partial charge in [-0.3, -0.25) is 4.79 Å². The third kappa shape index (κ3) is 4.82. The predicted octanol–water partition coefficient (Wildman–Crippen LogP) is 4.58. The van der Waals surface area contributed by atoms with Crippen molar-refractivity contribution in [2.75, 3.05) is 19.1 Å². The van der Waals surface area contributed by atoms with E-state index >= 15 is 0 Å². The summed E-state index contributed by atoms with van der Waals surface area (Å²) in [6, 6.07) is 16.8. The van der Waals surface area contributed by atoms with E-state index in [1.54, 1.807) is 56.7 Å². The van der Waals surface area contributed by atoms with Crippen LogP contribution in [-0.4, -0.2) is 25.1 Å². The Morgan fingerprint density at radius 1 is 1.00 bits per heavy atom. The Hall–Kier alpha value is -3.61. The maximum atomic E-state index is 13.8. The molecule has 0 spiro atoms. The van der Waals surface area contributed by atoms with E-state index < -0.39 is 5.95 Å². The van der Waals surface area contributed by atoms with Crippen molar-refractivity contribution in [3.63, 3.8) is 0 Å². The highest BCUT2D eigenvalue weighted by atomic mass is 18.2. The van der Waals surface area contributed by atoms with Crippen LogP contribution in [0, 0.1) is 5.95 Å². The number of amides is 1. The minimum Gasteiger partial charge on any atom is -0.497 e. The van der Waals surface area contributed by atoms with E-state index in [1.807, 2.05) is 6.07 Å². The second kappa shape index (κ2) is 9.05. The number of rotatable bonds is 7. The molecule has 150 valence electrons. The van der Waals surface area contributed by atoms with Gasteiger partial charge in [-0.1, -0.05) is 18.2 Å². The average molecular weight is 395 g/mol. The zero-order valence-electron chi connectivity index (χ0n) is 16.4. The normalized spacial score (nSPS) is 10.3. The lowest BCUT2D eigenvalue weighted by atomic mass is 10.1. The summed E-state index contributed by atoms with van der Waals surface area (Å²) in [6.45, 7) is 1.58. The first kappa shape index (κ1) is 20.1. The van der Waals surface area contributed by atoms with Crippen LogP contribution in [0.1, 0.15) is 12.5 Å². The lowest BCUT2D eigenvalue weighted by molar-refractivity contribution is -0.116. The van der Waals surface area contributed by atoms with Crippen LogP contribution < -0.4 is 19.1 Å². The number of halogens is 1. The van der Waals surface area contributed by atoms with Gasteiger partial charge in [-0.15, -0.1) is 0 Å². The summed E-state index contributed by atoms with van der Waals surface area (Å²) in [5.41, 5.74) is 1.06. The summed E-state index contributed by atoms with van der Waals surface area (Å²) in [6.07, 6.45) is 0. The summed E-state index contributed by atoms with van der Waals surface area (Å²) in [5, 5.41) is 0. The fourth-order valence-corrected chi connectivity index (χ4v) is 2.83. The summed E-state index contributed by atoms with van der Waals surface area (Å²) in [4.78, 5) is 17.8. The molecule has 0 fully saturated rings. The Kier molecular flexibility index (Phi) is 6.29. The molecular formula is C22H21FN2O4. The first-order valence-corrected chi connectivity index (χ1v) is 8.90. The zero-order valence-corrected chi connectivity index (χ0v) is 16.4. The molecule has 0 bridgehead atoms. The Morgan fingerprint density at radius 3 is 2.41 bits per heavy atom. The number of hydrogen-bond acceptors (Lipinski definition) is 5. The molecule has 0 unspecified atom stereocenters. The lowest BCUT2D eigenvalue weighted by Gasteiger charge is -2.24. The van der Waals surface area contributed by atoms with Gasteiger partial charge in [0.1, 0.15) is 22.9 Å². The molecule has 1 amide bonds. The first-order chi connectivity index (χ1) is 14.0. The van der Waals surface area contributed by atoms with Crippen molar-refractivity contribution in [1.29, 1.82) is 0 Å². The molecule has 29 heavy (non-hydrogen) atoms. The number of carbonyl (C=O) groups is 1. The number of para-hydroxylation sites is 1. The van der Waals surface area contributed by atoms with Gasteiger partial charge in [-0.05, 0) is 42.5 Å². The van der Waals surface area contributed by atoms with Crippen molar-refractivity contribution in [1.82, 2.24) is 4.98 Å². The molecule has 2 aromatic carbocycles. The van der Waals surface area contributed by atoms with Crippen LogP contribution in [-0.2, 0) is 11.3 Å². The Labute approximate surface area is 168 Å². The van der Waals surface area contributed by atoms with Gasteiger partial charge in [0.05, 0.1) is 20.8 Å². The summed E-state index contributed by atoms with van der Waals surface area (Å²) in [5.74, 6) is 0.728. The van der Waals surface area contributed by atoms with E-state index in [9.17, 15) is 9.18 Å². The van der Waals surface area contributed by atoms with Gasteiger partial charge in [-0.25, -0.2) is 0 Å². The van der Waals surface area contributed by atoms with Crippen LogP contribution >= 0.6 is 0 Å². The van der Waals surface area contributed by atoms with Crippen LogP contribution in [0.3, 0.4) is 0 Å². The number of methoxy groups -OCH3 is 2. The van der Waals surface area contributed by atoms with E-state index in [2.05, 4.69) is 4.98 Å². The fourth-order valence-electron chi connectivity index (χ4n) is 2.83. The highest BCUT2D eigenvalue weighted by Gasteiger charge is 2.21. The van der Waals surface area contributed by atoms with E-state index in [-0.39, 0.29) is 18.3 Å². The Balaban J connectivity index is 2.01. The second-order valence-corrected chi connectivity index (χ2v) is 6.16. The molecule has 0 saturated heterocycles. The van der Waals surface area contributed by atoms with Crippen molar-refractivity contribution in [3.8, 4) is 23.1 Å². The summed E-state index contributed by atoms with van der Waals surface area (Å²) >= 11 is 0. The van der Waals surface area contributed by atoms with Crippen LogP contribution in [0.2, 0.25) is 0 Å². The molecule has 0 radical (unpaired) electrons. The fraction of sp³-hybridized carbons (Fsp3) is 0.182. The third-order valence-electron chi connectivity index (χ3n) is 4.25. The largest absolute Gasteiger partial charge is 0.497 e. The highest BCUT2D eigenvalue weighted by molar-refractivity contribution is 5.92. The van der Waals surface area contributed by atoms with Gasteiger partial charge in [-0.2, -0.15) is 9.37 Å². The standard InChI is InChI=1S/C22H21FN2O4/c1-15(26)25(14-16-13-18(27-2)9-11-20(16)28-3)19-10-12-21(23)24-22(19)29-17-7-5-4-6-8-17/h4-13H,14H2,1-3H3/i23-1. The molecule has 7 heteroatoms. The first-order valence-electron chi connectivity index (χ1n) is 8.90. The smallest absolute Gasteiger partial charge is 0.246 e. The van der Waals surface area contributed by atoms with E-state index in [4.69, 9.17) is 14.2 Å². The SMILES string of the molecule is COc1ccc(OC)c(CN(C(C)=O)c2ccc([18F])nc2Oc2ccccc2)c1. The minimum atomic E-state index is -0.706. The molecule has 1 heterocycles. The zero-order chi connectivity index (χ0) is 20.8. The number of benzene rings is 2. The Morgan fingerprint density at radius 2 is 1.76 bits per heavy atom. The number of hydrogen-bond donors (Lipinski definition) is 0. The number of anilines is 1. The lowest BCUT2D eigenvalue weighted by Crippen LogP contribution is -2.28. The topological polar surface area (TPSA) is 60.9 Å². The van der Waals surface area contributed by atoms with Crippen molar-refractivity contribution in [2.24, 2.45) is 0 Å². The molecule has 1 aromatic heterocycles. The number of nitrogens with zero attached hydrogens (tertiary/aromatic N) is 2. The van der Waals surface area contributed by atoms with E-state index in [1.165, 1.54) is 24.0 Å². The summed E-state index contributed by atoms with van der Waals surface area (Å²) < 4.78 is 30.3. The van der Waals surface area contributed by atoms with E-state index in [0.29, 0.717) is 22.9 Å². The number of carbonyl (C=O) groups excluding carboxylic acids is 1. The molecule has 6 nitrogen and oxygen atoms in total. The van der Waals surface area contributed by atoms with Gasteiger partial charge in [0, 0.05) is 12.5 Å². The number of aromatic nitrogens is 1.